The summed E-state index contributed by atoms with van der Waals surface area (Å²) in [5, 5.41) is 2.58. The molecule has 1 saturated heterocycles. The topological polar surface area (TPSA) is 105 Å². The van der Waals surface area contributed by atoms with Crippen LogP contribution in [0.3, 0.4) is 0 Å². The first-order chi connectivity index (χ1) is 15.3. The van der Waals surface area contributed by atoms with Crippen molar-refractivity contribution >= 4 is 39.1 Å². The van der Waals surface area contributed by atoms with E-state index in [1.807, 2.05) is 6.92 Å². The number of benzene rings is 2. The van der Waals surface area contributed by atoms with E-state index >= 15 is 0 Å². The summed E-state index contributed by atoms with van der Waals surface area (Å²) in [6, 6.07) is 9.56. The van der Waals surface area contributed by atoms with Gasteiger partial charge >= 0.3 is 0 Å². The number of carbonyl (C=O) groups is 2. The molecule has 11 heteroatoms. The fourth-order valence-corrected chi connectivity index (χ4v) is 5.53. The highest BCUT2D eigenvalue weighted by Crippen LogP contribution is 2.37. The molecule has 0 saturated carbocycles. The summed E-state index contributed by atoms with van der Waals surface area (Å²) in [7, 11) is -3.91. The second-order valence-corrected chi connectivity index (χ2v) is 9.58. The van der Waals surface area contributed by atoms with Crippen molar-refractivity contribution in [2.24, 2.45) is 0 Å². The number of hydrogen-bond acceptors (Lipinski definition) is 6. The molecule has 170 valence electrons. The van der Waals surface area contributed by atoms with E-state index in [9.17, 15) is 18.0 Å². The van der Waals surface area contributed by atoms with Gasteiger partial charge in [0.15, 0.2) is 6.61 Å². The quantitative estimate of drug-likeness (QED) is 0.705. The summed E-state index contributed by atoms with van der Waals surface area (Å²) in [5.41, 5.74) is 0.845. The normalized spacial score (nSPS) is 16.7. The van der Waals surface area contributed by atoms with Crippen molar-refractivity contribution in [1.82, 2.24) is 9.21 Å². The predicted octanol–water partition coefficient (Wildman–Crippen LogP) is 2.22. The van der Waals surface area contributed by atoms with Gasteiger partial charge in [-0.1, -0.05) is 11.6 Å². The SMILES string of the molecule is CCOc1ccc(C(=O)N2CCN(S(=O)(=O)c3cc4c(cc3Cl)NC(=O)CO4)CC2)cc1. The number of rotatable bonds is 5. The molecule has 0 radical (unpaired) electrons. The first-order valence-electron chi connectivity index (χ1n) is 10.1. The average Bonchev–Trinajstić information content (AvgIpc) is 2.79. The van der Waals surface area contributed by atoms with E-state index in [4.69, 9.17) is 21.1 Å². The largest absolute Gasteiger partial charge is 0.494 e. The Bertz CT molecular complexity index is 1140. The fourth-order valence-electron chi connectivity index (χ4n) is 3.59. The predicted molar refractivity (Wildman–Crippen MR) is 118 cm³/mol. The number of anilines is 1. The van der Waals surface area contributed by atoms with Crippen molar-refractivity contribution in [2.75, 3.05) is 44.7 Å². The number of sulfonamides is 1. The number of amides is 2. The molecule has 2 aliphatic heterocycles. The van der Waals surface area contributed by atoms with Crippen molar-refractivity contribution in [3.05, 3.63) is 47.0 Å². The molecule has 0 aliphatic carbocycles. The molecule has 32 heavy (non-hydrogen) atoms. The van der Waals surface area contributed by atoms with Crippen LogP contribution in [0.15, 0.2) is 41.3 Å². The number of nitrogens with zero attached hydrogens (tertiary/aromatic N) is 2. The maximum atomic E-state index is 13.2. The first-order valence-corrected chi connectivity index (χ1v) is 11.9. The van der Waals surface area contributed by atoms with E-state index in [0.29, 0.717) is 23.6 Å². The highest BCUT2D eigenvalue weighted by Gasteiger charge is 2.33. The Hall–Kier alpha value is -2.82. The Balaban J connectivity index is 1.45. The third-order valence-corrected chi connectivity index (χ3v) is 7.59. The van der Waals surface area contributed by atoms with Crippen LogP contribution in [-0.2, 0) is 14.8 Å². The Morgan fingerprint density at radius 3 is 2.50 bits per heavy atom. The lowest BCUT2D eigenvalue weighted by molar-refractivity contribution is -0.118. The molecule has 0 atom stereocenters. The summed E-state index contributed by atoms with van der Waals surface area (Å²) in [6.45, 7) is 3.00. The third-order valence-electron chi connectivity index (χ3n) is 5.22. The zero-order valence-corrected chi connectivity index (χ0v) is 18.9. The molecule has 0 unspecified atom stereocenters. The van der Waals surface area contributed by atoms with Gasteiger partial charge in [-0.15, -0.1) is 0 Å². The number of hydrogen-bond donors (Lipinski definition) is 1. The maximum absolute atomic E-state index is 13.2. The van der Waals surface area contributed by atoms with Crippen molar-refractivity contribution in [1.29, 1.82) is 0 Å². The van der Waals surface area contributed by atoms with Crippen molar-refractivity contribution in [3.63, 3.8) is 0 Å². The lowest BCUT2D eigenvalue weighted by Gasteiger charge is -2.34. The molecule has 0 aromatic heterocycles. The minimum atomic E-state index is -3.91. The van der Waals surface area contributed by atoms with Crippen molar-refractivity contribution < 1.29 is 27.5 Å². The van der Waals surface area contributed by atoms with Crippen LogP contribution in [0.5, 0.6) is 11.5 Å². The molecule has 4 rings (SSSR count). The van der Waals surface area contributed by atoms with Crippen LogP contribution in [0, 0.1) is 0 Å². The van der Waals surface area contributed by atoms with Gasteiger partial charge in [0.05, 0.1) is 17.3 Å². The molecule has 2 heterocycles. The van der Waals surface area contributed by atoms with Crippen molar-refractivity contribution in [2.45, 2.75) is 11.8 Å². The highest BCUT2D eigenvalue weighted by molar-refractivity contribution is 7.89. The number of fused-ring (bicyclic) bond motifs is 1. The van der Waals surface area contributed by atoms with Gasteiger partial charge in [0, 0.05) is 37.8 Å². The number of nitrogens with one attached hydrogen (secondary N) is 1. The molecule has 0 spiro atoms. The first kappa shape index (κ1) is 22.4. The molecule has 1 N–H and O–H groups in total. The van der Waals surface area contributed by atoms with E-state index in [-0.39, 0.29) is 60.3 Å². The van der Waals surface area contributed by atoms with Crippen LogP contribution in [0.2, 0.25) is 5.02 Å². The van der Waals surface area contributed by atoms with Gasteiger partial charge in [-0.05, 0) is 37.3 Å². The van der Waals surface area contributed by atoms with E-state index in [2.05, 4.69) is 5.32 Å². The van der Waals surface area contributed by atoms with E-state index in [1.54, 1.807) is 29.2 Å². The number of carbonyl (C=O) groups excluding carboxylic acids is 2. The fraction of sp³-hybridized carbons (Fsp3) is 0.333. The Labute approximate surface area is 190 Å². The monoisotopic (exact) mass is 479 g/mol. The van der Waals surface area contributed by atoms with E-state index in [0.717, 1.165) is 0 Å². The van der Waals surface area contributed by atoms with Crippen LogP contribution < -0.4 is 14.8 Å². The minimum Gasteiger partial charge on any atom is -0.494 e. The summed E-state index contributed by atoms with van der Waals surface area (Å²) in [5.74, 6) is 0.431. The van der Waals surface area contributed by atoms with Gasteiger partial charge < -0.3 is 19.7 Å². The second-order valence-electron chi connectivity index (χ2n) is 7.27. The van der Waals surface area contributed by atoms with E-state index in [1.165, 1.54) is 16.4 Å². The summed E-state index contributed by atoms with van der Waals surface area (Å²) >= 11 is 6.22. The minimum absolute atomic E-state index is 0.0116. The lowest BCUT2D eigenvalue weighted by Crippen LogP contribution is -2.50. The summed E-state index contributed by atoms with van der Waals surface area (Å²) in [6.07, 6.45) is 0. The van der Waals surface area contributed by atoms with Crippen LogP contribution in [0.25, 0.3) is 0 Å². The van der Waals surface area contributed by atoms with Gasteiger partial charge in [-0.25, -0.2) is 8.42 Å². The van der Waals surface area contributed by atoms with Gasteiger partial charge in [-0.3, -0.25) is 9.59 Å². The smallest absolute Gasteiger partial charge is 0.262 e. The average molecular weight is 480 g/mol. The number of ether oxygens (including phenoxy) is 2. The van der Waals surface area contributed by atoms with Gasteiger partial charge in [0.1, 0.15) is 16.4 Å². The molecular weight excluding hydrogens is 458 g/mol. The molecule has 2 aromatic rings. The summed E-state index contributed by atoms with van der Waals surface area (Å²) < 4.78 is 38.4. The molecule has 2 aliphatic rings. The third kappa shape index (κ3) is 4.38. The van der Waals surface area contributed by atoms with Crippen molar-refractivity contribution in [3.8, 4) is 11.5 Å². The molecule has 0 bridgehead atoms. The number of piperazine rings is 1. The van der Waals surface area contributed by atoms with Gasteiger partial charge in [-0.2, -0.15) is 4.31 Å². The lowest BCUT2D eigenvalue weighted by atomic mass is 10.2. The van der Waals surface area contributed by atoms with Gasteiger partial charge in [0.25, 0.3) is 11.8 Å². The Morgan fingerprint density at radius 1 is 1.16 bits per heavy atom. The maximum Gasteiger partial charge on any atom is 0.262 e. The molecule has 2 amide bonds. The highest BCUT2D eigenvalue weighted by atomic mass is 35.5. The molecular formula is C21H22ClN3O6S. The number of halogens is 1. The molecule has 1 fully saturated rings. The standard InChI is InChI=1S/C21H22ClN3O6S/c1-2-30-15-5-3-14(4-6-15)21(27)24-7-9-25(10-8-24)32(28,29)19-12-18-17(11-16(19)22)23-20(26)13-31-18/h3-6,11-12H,2,7-10,13H2,1H3,(H,23,26). The van der Waals surface area contributed by atoms with Crippen LogP contribution in [-0.4, -0.2) is 68.8 Å². The van der Waals surface area contributed by atoms with E-state index < -0.39 is 10.0 Å². The van der Waals surface area contributed by atoms with Crippen LogP contribution in [0.4, 0.5) is 5.69 Å². The van der Waals surface area contributed by atoms with Crippen LogP contribution >= 0.6 is 11.6 Å². The summed E-state index contributed by atoms with van der Waals surface area (Å²) in [4.78, 5) is 25.8. The van der Waals surface area contributed by atoms with Gasteiger partial charge in [0.2, 0.25) is 10.0 Å². The Kier molecular flexibility index (Phi) is 6.27. The zero-order valence-electron chi connectivity index (χ0n) is 17.3. The molecule has 9 nitrogen and oxygen atoms in total. The second kappa shape index (κ2) is 8.97. The van der Waals surface area contributed by atoms with Crippen LogP contribution in [0.1, 0.15) is 17.3 Å². The molecule has 2 aromatic carbocycles. The Morgan fingerprint density at radius 2 is 1.84 bits per heavy atom. The zero-order chi connectivity index (χ0) is 22.9.